The van der Waals surface area contributed by atoms with Gasteiger partial charge in [-0.25, -0.2) is 4.68 Å². The smallest absolute Gasteiger partial charge is 0.416 e. The van der Waals surface area contributed by atoms with E-state index in [1.165, 1.54) is 12.1 Å². The monoisotopic (exact) mass is 494 g/mol. The molecule has 0 unspecified atom stereocenters. The average Bonchev–Trinajstić information content (AvgIpc) is 3.27. The van der Waals surface area contributed by atoms with Crippen molar-refractivity contribution in [3.8, 4) is 23.1 Å². The number of ether oxygens (including phenoxy) is 1. The number of carbonyl (C=O) groups is 1. The topological polar surface area (TPSA) is 69.0 Å². The molecule has 36 heavy (non-hydrogen) atoms. The van der Waals surface area contributed by atoms with Gasteiger partial charge in [-0.3, -0.25) is 4.79 Å². The molecule has 0 fully saturated rings. The first-order valence-electron chi connectivity index (χ1n) is 11.4. The standard InChI is InChI=1S/C27H25F3N4O2/c1-17(2)16-36-26-32-24(23-10-5-4-7-18(23)3)34(33-26)22-13-11-21(12-14-22)31-25(35)19-8-6-9-20(15-19)27(28,29)30/h4-15,17H,16H2,1-3H3,(H,31,35). The fraction of sp³-hybridized carbons (Fsp3) is 0.222. The number of rotatable bonds is 7. The SMILES string of the molecule is Cc1ccccc1-c1nc(OCC(C)C)nn1-c1ccc(NC(=O)c2cccc(C(F)(F)F)c2)cc1. The van der Waals surface area contributed by atoms with Crippen LogP contribution in [0, 0.1) is 12.8 Å². The number of hydrogen-bond acceptors (Lipinski definition) is 4. The molecule has 0 spiro atoms. The Kier molecular flexibility index (Phi) is 7.10. The molecule has 1 N–H and O–H groups in total. The molecule has 186 valence electrons. The Hall–Kier alpha value is -4.14. The molecular weight excluding hydrogens is 469 g/mol. The maximum absolute atomic E-state index is 13.0. The van der Waals surface area contributed by atoms with E-state index in [-0.39, 0.29) is 11.6 Å². The highest BCUT2D eigenvalue weighted by Crippen LogP contribution is 2.30. The number of anilines is 1. The van der Waals surface area contributed by atoms with E-state index in [9.17, 15) is 18.0 Å². The lowest BCUT2D eigenvalue weighted by molar-refractivity contribution is -0.137. The van der Waals surface area contributed by atoms with Gasteiger partial charge in [-0.1, -0.05) is 44.2 Å². The van der Waals surface area contributed by atoms with Crippen LogP contribution in [0.1, 0.15) is 35.3 Å². The number of hydrogen-bond donors (Lipinski definition) is 1. The molecule has 3 aromatic carbocycles. The van der Waals surface area contributed by atoms with E-state index >= 15 is 0 Å². The Morgan fingerprint density at radius 3 is 2.42 bits per heavy atom. The van der Waals surface area contributed by atoms with E-state index in [2.05, 4.69) is 15.4 Å². The van der Waals surface area contributed by atoms with E-state index in [1.54, 1.807) is 28.9 Å². The third kappa shape index (κ3) is 5.73. The first kappa shape index (κ1) is 25.0. The van der Waals surface area contributed by atoms with Gasteiger partial charge in [0.2, 0.25) is 0 Å². The van der Waals surface area contributed by atoms with Crippen LogP contribution >= 0.6 is 0 Å². The molecule has 0 aliphatic carbocycles. The Balaban J connectivity index is 1.60. The van der Waals surface area contributed by atoms with Gasteiger partial charge in [-0.15, -0.1) is 5.10 Å². The van der Waals surface area contributed by atoms with E-state index in [4.69, 9.17) is 4.74 Å². The summed E-state index contributed by atoms with van der Waals surface area (Å²) in [4.78, 5) is 17.1. The van der Waals surface area contributed by atoms with Crippen LogP contribution in [0.3, 0.4) is 0 Å². The number of carbonyl (C=O) groups excluding carboxylic acids is 1. The molecule has 0 saturated carbocycles. The molecule has 1 aromatic heterocycles. The van der Waals surface area contributed by atoms with Gasteiger partial charge in [-0.05, 0) is 60.9 Å². The Bertz CT molecular complexity index is 1360. The molecule has 0 atom stereocenters. The maximum atomic E-state index is 13.0. The summed E-state index contributed by atoms with van der Waals surface area (Å²) in [6.07, 6.45) is -4.53. The zero-order valence-corrected chi connectivity index (χ0v) is 20.0. The van der Waals surface area contributed by atoms with Crippen molar-refractivity contribution < 1.29 is 22.7 Å². The van der Waals surface area contributed by atoms with Crippen LogP contribution < -0.4 is 10.1 Å². The van der Waals surface area contributed by atoms with Crippen molar-refractivity contribution in [2.45, 2.75) is 26.9 Å². The van der Waals surface area contributed by atoms with Gasteiger partial charge in [0.1, 0.15) is 0 Å². The van der Waals surface area contributed by atoms with Gasteiger partial charge in [0.15, 0.2) is 5.82 Å². The van der Waals surface area contributed by atoms with E-state index in [0.29, 0.717) is 29.7 Å². The number of aromatic nitrogens is 3. The Morgan fingerprint density at radius 1 is 1.03 bits per heavy atom. The molecule has 0 aliphatic heterocycles. The first-order chi connectivity index (χ1) is 17.1. The quantitative estimate of drug-likeness (QED) is 0.316. The highest BCUT2D eigenvalue weighted by molar-refractivity contribution is 6.04. The van der Waals surface area contributed by atoms with Gasteiger partial charge in [0.05, 0.1) is 17.9 Å². The van der Waals surface area contributed by atoms with Crippen LogP contribution in [0.15, 0.2) is 72.8 Å². The zero-order chi connectivity index (χ0) is 25.9. The molecule has 0 bridgehead atoms. The molecule has 1 heterocycles. The third-order valence-corrected chi connectivity index (χ3v) is 5.34. The van der Waals surface area contributed by atoms with Crippen molar-refractivity contribution >= 4 is 11.6 Å². The van der Waals surface area contributed by atoms with Crippen molar-refractivity contribution in [2.75, 3.05) is 11.9 Å². The van der Waals surface area contributed by atoms with Crippen LogP contribution in [0.2, 0.25) is 0 Å². The summed E-state index contributed by atoms with van der Waals surface area (Å²) in [5.41, 5.74) is 2.06. The van der Waals surface area contributed by atoms with Gasteiger partial charge >= 0.3 is 12.2 Å². The molecule has 0 radical (unpaired) electrons. The minimum atomic E-state index is -4.53. The summed E-state index contributed by atoms with van der Waals surface area (Å²) in [7, 11) is 0. The van der Waals surface area contributed by atoms with E-state index in [0.717, 1.165) is 23.3 Å². The molecule has 4 aromatic rings. The molecule has 6 nitrogen and oxygen atoms in total. The second kappa shape index (κ2) is 10.2. The average molecular weight is 495 g/mol. The molecule has 0 aliphatic rings. The molecule has 9 heteroatoms. The number of amides is 1. The van der Waals surface area contributed by atoms with Crippen LogP contribution in [-0.4, -0.2) is 27.3 Å². The minimum Gasteiger partial charge on any atom is -0.462 e. The predicted octanol–water partition coefficient (Wildman–Crippen LogP) is 6.55. The van der Waals surface area contributed by atoms with Crippen LogP contribution in [0.25, 0.3) is 17.1 Å². The van der Waals surface area contributed by atoms with Gasteiger partial charge in [0.25, 0.3) is 5.91 Å². The van der Waals surface area contributed by atoms with Crippen LogP contribution in [0.5, 0.6) is 6.01 Å². The number of benzene rings is 3. The number of halogens is 3. The molecule has 0 saturated heterocycles. The number of nitrogens with zero attached hydrogens (tertiary/aromatic N) is 3. The van der Waals surface area contributed by atoms with Gasteiger partial charge in [0, 0.05) is 16.8 Å². The lowest BCUT2D eigenvalue weighted by Crippen LogP contribution is -2.14. The minimum absolute atomic E-state index is 0.0843. The highest BCUT2D eigenvalue weighted by atomic mass is 19.4. The number of alkyl halides is 3. The summed E-state index contributed by atoms with van der Waals surface area (Å²) in [6.45, 7) is 6.52. The van der Waals surface area contributed by atoms with Crippen molar-refractivity contribution in [3.63, 3.8) is 0 Å². The third-order valence-electron chi connectivity index (χ3n) is 5.34. The summed E-state index contributed by atoms with van der Waals surface area (Å²) in [6, 6.07) is 19.1. The fourth-order valence-electron chi connectivity index (χ4n) is 3.50. The summed E-state index contributed by atoms with van der Waals surface area (Å²) < 4.78 is 46.4. The molecule has 4 rings (SSSR count). The van der Waals surface area contributed by atoms with Gasteiger partial charge in [-0.2, -0.15) is 18.2 Å². The fourth-order valence-corrected chi connectivity index (χ4v) is 3.50. The maximum Gasteiger partial charge on any atom is 0.416 e. The number of nitrogens with one attached hydrogen (secondary N) is 1. The molecule has 1 amide bonds. The molecular formula is C27H25F3N4O2. The summed E-state index contributed by atoms with van der Waals surface area (Å²) in [5.74, 6) is 0.269. The van der Waals surface area contributed by atoms with Gasteiger partial charge < -0.3 is 10.1 Å². The Labute approximate surface area is 206 Å². The normalized spacial score (nSPS) is 11.5. The largest absolute Gasteiger partial charge is 0.462 e. The summed E-state index contributed by atoms with van der Waals surface area (Å²) in [5, 5.41) is 7.16. The van der Waals surface area contributed by atoms with Crippen molar-refractivity contribution in [2.24, 2.45) is 5.92 Å². The lowest BCUT2D eigenvalue weighted by atomic mass is 10.1. The van der Waals surface area contributed by atoms with Crippen LogP contribution in [-0.2, 0) is 6.18 Å². The summed E-state index contributed by atoms with van der Waals surface area (Å²) >= 11 is 0. The van der Waals surface area contributed by atoms with Crippen molar-refractivity contribution in [1.29, 1.82) is 0 Å². The second-order valence-corrected chi connectivity index (χ2v) is 8.73. The van der Waals surface area contributed by atoms with E-state index in [1.807, 2.05) is 45.0 Å². The van der Waals surface area contributed by atoms with Crippen molar-refractivity contribution in [1.82, 2.24) is 14.8 Å². The van der Waals surface area contributed by atoms with E-state index < -0.39 is 17.6 Å². The van der Waals surface area contributed by atoms with Crippen LogP contribution in [0.4, 0.5) is 18.9 Å². The first-order valence-corrected chi connectivity index (χ1v) is 11.4. The zero-order valence-electron chi connectivity index (χ0n) is 20.0. The lowest BCUT2D eigenvalue weighted by Gasteiger charge is -2.11. The Morgan fingerprint density at radius 2 is 1.75 bits per heavy atom. The second-order valence-electron chi connectivity index (χ2n) is 8.73. The predicted molar refractivity (Wildman–Crippen MR) is 131 cm³/mol. The number of aryl methyl sites for hydroxylation is 1. The highest BCUT2D eigenvalue weighted by Gasteiger charge is 2.30. The van der Waals surface area contributed by atoms with Crippen molar-refractivity contribution in [3.05, 3.63) is 89.5 Å².